The first-order valence-electron chi connectivity index (χ1n) is 16.1. The maximum atomic E-state index is 13.5. The van der Waals surface area contributed by atoms with Gasteiger partial charge in [0.05, 0.1) is 24.5 Å². The van der Waals surface area contributed by atoms with Gasteiger partial charge in [-0.1, -0.05) is 36.7 Å². The number of methoxy groups -OCH3 is 1. The molecule has 44 heavy (non-hydrogen) atoms. The van der Waals surface area contributed by atoms with E-state index < -0.39 is 16.5 Å². The normalized spacial score (nSPS) is 34.9. The highest BCUT2D eigenvalue weighted by molar-refractivity contribution is 7.76. The van der Waals surface area contributed by atoms with Crippen molar-refractivity contribution >= 4 is 33.8 Å². The van der Waals surface area contributed by atoms with Crippen molar-refractivity contribution in [2.45, 2.75) is 75.7 Å². The number of aryl methyl sites for hydroxylation is 1. The smallest absolute Gasteiger partial charge is 0.284 e. The molecule has 2 aliphatic heterocycles. The topological polar surface area (TPSA) is 77.4 Å². The number of amides is 1. The highest BCUT2D eigenvalue weighted by atomic mass is 35.5. The summed E-state index contributed by atoms with van der Waals surface area (Å²) in [4.78, 5) is 15.9. The lowest BCUT2D eigenvalue weighted by Gasteiger charge is -2.46. The van der Waals surface area contributed by atoms with Crippen molar-refractivity contribution in [1.82, 2.24) is 0 Å². The second-order valence-electron chi connectivity index (χ2n) is 13.1. The maximum Gasteiger partial charge on any atom is 0.284 e. The van der Waals surface area contributed by atoms with Crippen molar-refractivity contribution in [1.29, 1.82) is 0 Å². The summed E-state index contributed by atoms with van der Waals surface area (Å²) < 4.78 is 36.4. The third-order valence-corrected chi connectivity index (χ3v) is 12.4. The molecule has 0 aromatic heterocycles. The summed E-state index contributed by atoms with van der Waals surface area (Å²) in [6.07, 6.45) is 9.20. The van der Waals surface area contributed by atoms with Crippen LogP contribution in [-0.2, 0) is 31.9 Å². The van der Waals surface area contributed by atoms with Crippen LogP contribution in [0.1, 0.15) is 67.9 Å². The maximum absolute atomic E-state index is 13.5. The number of ether oxygens (including phenoxy) is 3. The van der Waals surface area contributed by atoms with Gasteiger partial charge in [0.1, 0.15) is 5.75 Å². The van der Waals surface area contributed by atoms with Gasteiger partial charge in [-0.25, -0.2) is 0 Å². The van der Waals surface area contributed by atoms with Gasteiger partial charge in [-0.3, -0.25) is 9.00 Å². The monoisotopic (exact) mass is 640 g/mol. The summed E-state index contributed by atoms with van der Waals surface area (Å²) in [6, 6.07) is 11.8. The number of carbonyl (C=O) groups excluding carboxylic acids is 1. The molecular weight excluding hydrogens is 596 g/mol. The number of thiol groups is 1. The molecule has 2 heterocycles. The fourth-order valence-corrected chi connectivity index (χ4v) is 8.93. The Morgan fingerprint density at radius 3 is 2.70 bits per heavy atom. The molecule has 2 aliphatic carbocycles. The number of nitrogens with zero attached hydrogens (tertiary/aromatic N) is 2. The minimum absolute atomic E-state index is 0.0484. The van der Waals surface area contributed by atoms with Crippen molar-refractivity contribution in [3.05, 3.63) is 70.3 Å². The van der Waals surface area contributed by atoms with E-state index in [9.17, 15) is 9.00 Å². The predicted molar refractivity (Wildman–Crippen MR) is 177 cm³/mol. The van der Waals surface area contributed by atoms with Gasteiger partial charge >= 0.3 is 0 Å². The van der Waals surface area contributed by atoms with Crippen LogP contribution in [0.3, 0.4) is 0 Å². The molecule has 1 amide bonds. The highest BCUT2D eigenvalue weighted by Gasteiger charge is 2.44. The fourth-order valence-electron chi connectivity index (χ4n) is 7.69. The zero-order valence-corrected chi connectivity index (χ0v) is 27.9. The van der Waals surface area contributed by atoms with Crippen molar-refractivity contribution in [3.8, 4) is 5.75 Å². The molecule has 1 saturated carbocycles. The largest absolute Gasteiger partial charge is 0.490 e. The molecule has 4 aliphatic rings. The van der Waals surface area contributed by atoms with E-state index in [4.69, 9.17) is 25.8 Å². The van der Waals surface area contributed by atoms with Crippen LogP contribution in [-0.4, -0.2) is 61.0 Å². The number of hydrogen-bond acceptors (Lipinski definition) is 6. The Kier molecular flexibility index (Phi) is 9.44. The second kappa shape index (κ2) is 13.1. The number of carbonyl (C=O) groups is 1. The minimum atomic E-state index is -2.16. The van der Waals surface area contributed by atoms with E-state index in [2.05, 4.69) is 33.5 Å². The molecule has 7 nitrogen and oxygen atoms in total. The Labute approximate surface area is 268 Å². The average Bonchev–Trinajstić information content (AvgIpc) is 3.16. The quantitative estimate of drug-likeness (QED) is 0.299. The van der Waals surface area contributed by atoms with Crippen LogP contribution in [0.4, 0.5) is 5.69 Å². The first kappa shape index (κ1) is 31.6. The Hall–Kier alpha value is -2.39. The van der Waals surface area contributed by atoms with Gasteiger partial charge in [0.15, 0.2) is 0 Å². The van der Waals surface area contributed by atoms with E-state index in [0.29, 0.717) is 30.6 Å². The predicted octanol–water partition coefficient (Wildman–Crippen LogP) is 6.66. The van der Waals surface area contributed by atoms with E-state index in [-0.39, 0.29) is 28.8 Å². The van der Waals surface area contributed by atoms with E-state index in [1.807, 2.05) is 39.0 Å². The first-order chi connectivity index (χ1) is 21.2. The summed E-state index contributed by atoms with van der Waals surface area (Å²) in [5.74, 6) is 0.979. The molecule has 1 unspecified atom stereocenters. The van der Waals surface area contributed by atoms with Gasteiger partial charge in [0.2, 0.25) is 0 Å². The van der Waals surface area contributed by atoms with E-state index in [0.717, 1.165) is 61.7 Å². The van der Waals surface area contributed by atoms with Gasteiger partial charge in [0, 0.05) is 64.6 Å². The van der Waals surface area contributed by atoms with Crippen LogP contribution in [0.5, 0.6) is 5.75 Å². The van der Waals surface area contributed by atoms with Gasteiger partial charge in [-0.05, 0) is 99.2 Å². The van der Waals surface area contributed by atoms with Crippen molar-refractivity contribution < 1.29 is 23.2 Å². The minimum Gasteiger partial charge on any atom is -0.490 e. The van der Waals surface area contributed by atoms with Gasteiger partial charge < -0.3 is 19.1 Å². The molecule has 2 aromatic rings. The SMILES string of the molecule is CCO[C@H]1/C=C/[C@H](OC)[C@@H]2CC[C@H]2CN2C[C@@]3(CCCc4cc(Cl)ccc43)COc3ccc(cc32)C(=O)/N=[SH](=O)\[C@H](C)[C@H]1C. The van der Waals surface area contributed by atoms with E-state index >= 15 is 0 Å². The van der Waals surface area contributed by atoms with Crippen LogP contribution >= 0.6 is 11.6 Å². The molecule has 0 radical (unpaired) electrons. The Bertz CT molecular complexity index is 1510. The molecule has 0 N–H and O–H groups in total. The third-order valence-electron chi connectivity index (χ3n) is 10.6. The zero-order valence-electron chi connectivity index (χ0n) is 26.2. The molecule has 2 aromatic carbocycles. The molecule has 6 rings (SSSR count). The zero-order chi connectivity index (χ0) is 31.0. The summed E-state index contributed by atoms with van der Waals surface area (Å²) >= 11 is 6.43. The summed E-state index contributed by atoms with van der Waals surface area (Å²) in [5.41, 5.74) is 3.74. The Morgan fingerprint density at radius 1 is 1.14 bits per heavy atom. The van der Waals surface area contributed by atoms with E-state index in [1.165, 1.54) is 11.1 Å². The van der Waals surface area contributed by atoms with Gasteiger partial charge in [-0.2, -0.15) is 4.36 Å². The lowest BCUT2D eigenvalue weighted by atomic mass is 9.68. The number of anilines is 1. The summed E-state index contributed by atoms with van der Waals surface area (Å²) in [5, 5.41) is 0.418. The molecular formula is C35H45ClN2O5S. The molecule has 8 atom stereocenters. The number of benzene rings is 2. The van der Waals surface area contributed by atoms with Crippen molar-refractivity contribution in [3.63, 3.8) is 0 Å². The second-order valence-corrected chi connectivity index (χ2v) is 15.2. The molecule has 1 fully saturated rings. The number of hydrogen-bond donors (Lipinski definition) is 1. The number of rotatable bonds is 3. The van der Waals surface area contributed by atoms with Gasteiger partial charge in [0.25, 0.3) is 5.91 Å². The fraction of sp³-hybridized carbons (Fsp3) is 0.571. The van der Waals surface area contributed by atoms with Crippen LogP contribution in [0.15, 0.2) is 52.9 Å². The van der Waals surface area contributed by atoms with E-state index in [1.54, 1.807) is 13.2 Å². The van der Waals surface area contributed by atoms with Crippen molar-refractivity contribution in [2.75, 3.05) is 38.3 Å². The first-order valence-corrected chi connectivity index (χ1v) is 17.7. The molecule has 238 valence electrons. The van der Waals surface area contributed by atoms with Crippen molar-refractivity contribution in [2.24, 2.45) is 22.1 Å². The summed E-state index contributed by atoms with van der Waals surface area (Å²) in [7, 11) is -0.378. The molecule has 9 heteroatoms. The van der Waals surface area contributed by atoms with Gasteiger partial charge in [-0.15, -0.1) is 0 Å². The Morgan fingerprint density at radius 2 is 1.95 bits per heavy atom. The number of halogens is 1. The van der Waals surface area contributed by atoms with Crippen LogP contribution in [0.2, 0.25) is 5.02 Å². The van der Waals surface area contributed by atoms with Crippen LogP contribution in [0, 0.1) is 17.8 Å². The standard InChI is InChI=1S/C35H45ClN2O5S/c1-5-42-31-14-15-32(41-4)28-11-8-26(28)19-38-20-35(16-6-7-24-17-27(36)10-12-29(24)35)21-43-33-13-9-25(18-30(33)38)34(39)37-44(40)23(3)22(31)2/h9-10,12-15,17-18,22-23,26,28,31-32,44H,5-8,11,16,19-21H2,1-4H3/b15-14+/t22-,23-,26+,28-,31+,32+,35+/m1/s1. The number of fused-ring (bicyclic) bond motifs is 4. The van der Waals surface area contributed by atoms with Crippen LogP contribution in [0.25, 0.3) is 0 Å². The van der Waals surface area contributed by atoms with Crippen LogP contribution < -0.4 is 9.64 Å². The molecule has 2 bridgehead atoms. The Balaban J connectivity index is 1.44. The highest BCUT2D eigenvalue weighted by Crippen LogP contribution is 2.47. The average molecular weight is 641 g/mol. The lowest BCUT2D eigenvalue weighted by Crippen LogP contribution is -2.49. The molecule has 0 saturated heterocycles. The molecule has 1 spiro atoms. The summed E-state index contributed by atoms with van der Waals surface area (Å²) in [6.45, 7) is 8.56. The lowest BCUT2D eigenvalue weighted by molar-refractivity contribution is 0.0109. The third kappa shape index (κ3) is 6.07.